The Morgan fingerprint density at radius 1 is 1.33 bits per heavy atom. The fourth-order valence-electron chi connectivity index (χ4n) is 1.02. The maximum absolute atomic E-state index is 5.92. The second-order valence-corrected chi connectivity index (χ2v) is 3.72. The number of ether oxygens (including phenoxy) is 1. The van der Waals surface area contributed by atoms with E-state index >= 15 is 0 Å². The first kappa shape index (κ1) is 15.0. The van der Waals surface area contributed by atoms with Crippen molar-refractivity contribution >= 4 is 40.2 Å². The summed E-state index contributed by atoms with van der Waals surface area (Å²) < 4.78 is 5.46. The molecule has 0 saturated carbocycles. The molecule has 0 radical (unpaired) electrons. The predicted molar refractivity (Wildman–Crippen MR) is 70.8 cm³/mol. The first-order chi connectivity index (χ1) is 6.74. The van der Waals surface area contributed by atoms with Gasteiger partial charge in [0.05, 0.1) is 11.6 Å². The molecule has 1 rings (SSSR count). The van der Waals surface area contributed by atoms with Crippen molar-refractivity contribution in [1.29, 1.82) is 0 Å². The highest BCUT2D eigenvalue weighted by molar-refractivity contribution is 8.93. The van der Waals surface area contributed by atoms with Crippen molar-refractivity contribution < 1.29 is 4.74 Å². The van der Waals surface area contributed by atoms with E-state index in [9.17, 15) is 0 Å². The Labute approximate surface area is 111 Å². The highest BCUT2D eigenvalue weighted by atomic mass is 79.9. The molecule has 0 spiro atoms. The van der Waals surface area contributed by atoms with Crippen LogP contribution in [-0.4, -0.2) is 20.2 Å². The van der Waals surface area contributed by atoms with Crippen LogP contribution in [0.25, 0.3) is 0 Å². The lowest BCUT2D eigenvalue weighted by molar-refractivity contribution is 0.310. The average Bonchev–Trinajstić information content (AvgIpc) is 2.15. The monoisotopic (exact) mass is 313 g/mol. The first-order valence-corrected chi connectivity index (χ1v) is 5.22. The van der Waals surface area contributed by atoms with E-state index in [1.807, 2.05) is 7.05 Å². The summed E-state index contributed by atoms with van der Waals surface area (Å²) in [4.78, 5) is 0. The molecule has 0 fully saturated rings. The van der Waals surface area contributed by atoms with Crippen LogP contribution in [0.15, 0.2) is 18.2 Å². The van der Waals surface area contributed by atoms with Crippen LogP contribution in [0.1, 0.15) is 6.42 Å². The van der Waals surface area contributed by atoms with Crippen LogP contribution in [-0.2, 0) is 0 Å². The van der Waals surface area contributed by atoms with E-state index in [-0.39, 0.29) is 17.0 Å². The summed E-state index contributed by atoms with van der Waals surface area (Å²) in [7, 11) is 1.91. The largest absolute Gasteiger partial charge is 0.492 e. The third kappa shape index (κ3) is 5.61. The summed E-state index contributed by atoms with van der Waals surface area (Å²) in [5.41, 5.74) is 0. The van der Waals surface area contributed by atoms with Gasteiger partial charge in [0.15, 0.2) is 0 Å². The number of hydrogen-bond donors (Lipinski definition) is 1. The number of rotatable bonds is 5. The van der Waals surface area contributed by atoms with E-state index < -0.39 is 0 Å². The Hall–Kier alpha value is 0.0400. The van der Waals surface area contributed by atoms with Gasteiger partial charge >= 0.3 is 0 Å². The summed E-state index contributed by atoms with van der Waals surface area (Å²) >= 11 is 11.7. The van der Waals surface area contributed by atoms with Crippen molar-refractivity contribution in [3.63, 3.8) is 0 Å². The quantitative estimate of drug-likeness (QED) is 0.839. The summed E-state index contributed by atoms with van der Waals surface area (Å²) in [5.74, 6) is 0.687. The Kier molecular flexibility index (Phi) is 8.24. The van der Waals surface area contributed by atoms with Crippen molar-refractivity contribution in [3.05, 3.63) is 28.2 Å². The van der Waals surface area contributed by atoms with Gasteiger partial charge in [0.1, 0.15) is 5.75 Å². The molecule has 15 heavy (non-hydrogen) atoms. The van der Waals surface area contributed by atoms with Crippen LogP contribution in [0.2, 0.25) is 10.0 Å². The molecule has 1 N–H and O–H groups in total. The van der Waals surface area contributed by atoms with E-state index in [0.29, 0.717) is 22.4 Å². The maximum Gasteiger partial charge on any atom is 0.137 e. The van der Waals surface area contributed by atoms with E-state index in [4.69, 9.17) is 27.9 Å². The predicted octanol–water partition coefficient (Wildman–Crippen LogP) is 3.56. The Morgan fingerprint density at radius 2 is 2.07 bits per heavy atom. The molecule has 0 aliphatic heterocycles. The van der Waals surface area contributed by atoms with Gasteiger partial charge in [-0.3, -0.25) is 0 Å². The fourth-order valence-corrected chi connectivity index (χ4v) is 1.49. The van der Waals surface area contributed by atoms with Gasteiger partial charge in [-0.05, 0) is 38.2 Å². The Balaban J connectivity index is 0.00000196. The summed E-state index contributed by atoms with van der Waals surface area (Å²) in [6.07, 6.45) is 0.954. The minimum absolute atomic E-state index is 0. The number of hydrogen-bond acceptors (Lipinski definition) is 2. The zero-order valence-corrected chi connectivity index (χ0v) is 11.7. The fraction of sp³-hybridized carbons (Fsp3) is 0.400. The molecule has 0 aliphatic rings. The van der Waals surface area contributed by atoms with E-state index in [1.165, 1.54) is 0 Å². The molecule has 0 atom stereocenters. The smallest absolute Gasteiger partial charge is 0.137 e. The van der Waals surface area contributed by atoms with E-state index in [2.05, 4.69) is 5.32 Å². The molecule has 0 amide bonds. The molecule has 0 bridgehead atoms. The van der Waals surface area contributed by atoms with Gasteiger partial charge in [-0.1, -0.05) is 23.2 Å². The zero-order valence-electron chi connectivity index (χ0n) is 8.43. The van der Waals surface area contributed by atoms with E-state index in [1.54, 1.807) is 18.2 Å². The van der Waals surface area contributed by atoms with Crippen LogP contribution in [0, 0.1) is 0 Å². The van der Waals surface area contributed by atoms with Crippen LogP contribution in [0.5, 0.6) is 5.75 Å². The van der Waals surface area contributed by atoms with Crippen LogP contribution in [0.3, 0.4) is 0 Å². The van der Waals surface area contributed by atoms with Crippen molar-refractivity contribution in [2.24, 2.45) is 0 Å². The number of halogens is 3. The normalized spacial score (nSPS) is 9.53. The van der Waals surface area contributed by atoms with Gasteiger partial charge in [-0.25, -0.2) is 0 Å². The zero-order chi connectivity index (χ0) is 10.4. The van der Waals surface area contributed by atoms with Gasteiger partial charge in [0.2, 0.25) is 0 Å². The molecule has 0 saturated heterocycles. The second kappa shape index (κ2) is 8.22. The Bertz CT molecular complexity index is 297. The number of benzene rings is 1. The molecular formula is C10H14BrCl2NO. The molecule has 0 aromatic heterocycles. The molecule has 1 aromatic carbocycles. The SMILES string of the molecule is Br.CNCCCOc1ccc(Cl)cc1Cl. The summed E-state index contributed by atoms with van der Waals surface area (Å²) in [6.45, 7) is 1.59. The molecular weight excluding hydrogens is 301 g/mol. The van der Waals surface area contributed by atoms with Gasteiger partial charge in [-0.2, -0.15) is 0 Å². The highest BCUT2D eigenvalue weighted by Crippen LogP contribution is 2.27. The summed E-state index contributed by atoms with van der Waals surface area (Å²) in [5, 5.41) is 4.22. The van der Waals surface area contributed by atoms with Gasteiger partial charge < -0.3 is 10.1 Å². The van der Waals surface area contributed by atoms with Crippen LogP contribution >= 0.6 is 40.2 Å². The van der Waals surface area contributed by atoms with E-state index in [0.717, 1.165) is 13.0 Å². The first-order valence-electron chi connectivity index (χ1n) is 4.46. The highest BCUT2D eigenvalue weighted by Gasteiger charge is 2.01. The lowest BCUT2D eigenvalue weighted by Gasteiger charge is -2.07. The van der Waals surface area contributed by atoms with Crippen molar-refractivity contribution in [3.8, 4) is 5.75 Å². The molecule has 1 aromatic rings. The minimum atomic E-state index is 0. The standard InChI is InChI=1S/C10H13Cl2NO.BrH/c1-13-5-2-6-14-10-4-3-8(11)7-9(10)12;/h3-4,7,13H,2,5-6H2,1H3;1H. The topological polar surface area (TPSA) is 21.3 Å². The minimum Gasteiger partial charge on any atom is -0.492 e. The average molecular weight is 315 g/mol. The van der Waals surface area contributed by atoms with Crippen molar-refractivity contribution in [2.75, 3.05) is 20.2 Å². The van der Waals surface area contributed by atoms with Crippen molar-refractivity contribution in [1.82, 2.24) is 5.32 Å². The van der Waals surface area contributed by atoms with Crippen LogP contribution < -0.4 is 10.1 Å². The van der Waals surface area contributed by atoms with Gasteiger partial charge in [0.25, 0.3) is 0 Å². The lowest BCUT2D eigenvalue weighted by atomic mass is 10.3. The van der Waals surface area contributed by atoms with Crippen molar-refractivity contribution in [2.45, 2.75) is 6.42 Å². The summed E-state index contributed by atoms with van der Waals surface area (Å²) in [6, 6.07) is 5.22. The molecule has 0 aliphatic carbocycles. The molecule has 0 unspecified atom stereocenters. The second-order valence-electron chi connectivity index (χ2n) is 2.88. The molecule has 86 valence electrons. The third-order valence-electron chi connectivity index (χ3n) is 1.72. The Morgan fingerprint density at radius 3 is 2.67 bits per heavy atom. The van der Waals surface area contributed by atoms with Gasteiger partial charge in [-0.15, -0.1) is 17.0 Å². The maximum atomic E-state index is 5.92. The molecule has 5 heteroatoms. The lowest BCUT2D eigenvalue weighted by Crippen LogP contribution is -2.11. The van der Waals surface area contributed by atoms with Crippen LogP contribution in [0.4, 0.5) is 0 Å². The van der Waals surface area contributed by atoms with Gasteiger partial charge in [0, 0.05) is 5.02 Å². The molecule has 2 nitrogen and oxygen atoms in total. The number of nitrogens with one attached hydrogen (secondary N) is 1. The third-order valence-corrected chi connectivity index (χ3v) is 2.25. The molecule has 0 heterocycles.